The molecule has 0 unspecified atom stereocenters. The van der Waals surface area contributed by atoms with E-state index in [9.17, 15) is 8.42 Å². The van der Waals surface area contributed by atoms with E-state index in [4.69, 9.17) is 21.1 Å². The Morgan fingerprint density at radius 2 is 1.45 bits per heavy atom. The van der Waals surface area contributed by atoms with Crippen LogP contribution in [0.2, 0.25) is 5.02 Å². The van der Waals surface area contributed by atoms with Crippen molar-refractivity contribution in [3.8, 4) is 11.5 Å². The fourth-order valence-electron chi connectivity index (χ4n) is 3.11. The summed E-state index contributed by atoms with van der Waals surface area (Å²) in [6.07, 6.45) is 0. The first kappa shape index (κ1) is 22.6. The first-order valence-corrected chi connectivity index (χ1v) is 11.7. The maximum absolute atomic E-state index is 13.0. The molecule has 0 aliphatic rings. The zero-order chi connectivity index (χ0) is 23.6. The number of rotatable bonds is 7. The average Bonchev–Trinajstić information content (AvgIpc) is 2.80. The molecule has 170 valence electrons. The summed E-state index contributed by atoms with van der Waals surface area (Å²) >= 11 is 5.90. The van der Waals surface area contributed by atoms with Gasteiger partial charge in [-0.25, -0.2) is 18.4 Å². The molecule has 0 saturated carbocycles. The second-order valence-electron chi connectivity index (χ2n) is 7.14. The van der Waals surface area contributed by atoms with E-state index in [2.05, 4.69) is 20.0 Å². The maximum Gasteiger partial charge on any atom is 0.263 e. The summed E-state index contributed by atoms with van der Waals surface area (Å²) in [5.74, 6) is 1.52. The molecule has 33 heavy (non-hydrogen) atoms. The van der Waals surface area contributed by atoms with Crippen LogP contribution in [0.15, 0.2) is 65.6 Å². The van der Waals surface area contributed by atoms with E-state index in [1.54, 1.807) is 38.5 Å². The van der Waals surface area contributed by atoms with Crippen molar-refractivity contribution in [2.75, 3.05) is 24.3 Å². The fraction of sp³-hybridized carbons (Fsp3) is 0.130. The van der Waals surface area contributed by atoms with E-state index < -0.39 is 10.0 Å². The highest BCUT2D eigenvalue weighted by Crippen LogP contribution is 2.31. The monoisotopic (exact) mass is 484 g/mol. The maximum atomic E-state index is 13.0. The molecule has 0 fully saturated rings. The number of anilines is 3. The van der Waals surface area contributed by atoms with Crippen LogP contribution in [0.1, 0.15) is 5.56 Å². The normalized spacial score (nSPS) is 11.3. The number of benzene rings is 3. The molecule has 4 rings (SSSR count). The predicted octanol–water partition coefficient (Wildman–Crippen LogP) is 5.15. The number of hydrogen-bond acceptors (Lipinski definition) is 7. The third kappa shape index (κ3) is 4.94. The largest absolute Gasteiger partial charge is 0.497 e. The summed E-state index contributed by atoms with van der Waals surface area (Å²) in [5.41, 5.74) is 2.64. The molecular weight excluding hydrogens is 464 g/mol. The van der Waals surface area contributed by atoms with Gasteiger partial charge in [-0.1, -0.05) is 17.7 Å². The van der Waals surface area contributed by atoms with Crippen LogP contribution in [0.3, 0.4) is 0 Å². The van der Waals surface area contributed by atoms with Crippen molar-refractivity contribution >= 4 is 50.0 Å². The van der Waals surface area contributed by atoms with Crippen LogP contribution < -0.4 is 19.5 Å². The summed E-state index contributed by atoms with van der Waals surface area (Å²) in [6, 6.07) is 16.5. The summed E-state index contributed by atoms with van der Waals surface area (Å²) in [6.45, 7) is 1.91. The van der Waals surface area contributed by atoms with Gasteiger partial charge >= 0.3 is 0 Å². The molecule has 1 heterocycles. The summed E-state index contributed by atoms with van der Waals surface area (Å²) in [5, 5.41) is 3.62. The van der Waals surface area contributed by atoms with Gasteiger partial charge < -0.3 is 14.8 Å². The number of ether oxygens (including phenoxy) is 2. The molecule has 4 aromatic rings. The summed E-state index contributed by atoms with van der Waals surface area (Å²) in [7, 11) is -0.821. The lowest BCUT2D eigenvalue weighted by molar-refractivity contribution is 0.415. The Kier molecular flexibility index (Phi) is 6.26. The zero-order valence-electron chi connectivity index (χ0n) is 18.1. The highest BCUT2D eigenvalue weighted by molar-refractivity contribution is 7.92. The van der Waals surface area contributed by atoms with Crippen LogP contribution in [-0.2, 0) is 10.0 Å². The van der Waals surface area contributed by atoms with Gasteiger partial charge in [0.25, 0.3) is 10.0 Å². The second kappa shape index (κ2) is 9.13. The molecule has 0 aliphatic carbocycles. The number of sulfonamides is 1. The lowest BCUT2D eigenvalue weighted by Gasteiger charge is -2.16. The highest BCUT2D eigenvalue weighted by atomic mass is 35.5. The minimum atomic E-state index is -3.95. The molecular formula is C23H21ClN4O4S. The van der Waals surface area contributed by atoms with Crippen molar-refractivity contribution in [2.24, 2.45) is 0 Å². The van der Waals surface area contributed by atoms with Gasteiger partial charge in [-0.15, -0.1) is 0 Å². The summed E-state index contributed by atoms with van der Waals surface area (Å²) < 4.78 is 39.2. The Labute approximate surface area is 196 Å². The molecule has 0 atom stereocenters. The van der Waals surface area contributed by atoms with Crippen LogP contribution >= 0.6 is 11.6 Å². The minimum absolute atomic E-state index is 0.0461. The Morgan fingerprint density at radius 1 is 0.818 bits per heavy atom. The van der Waals surface area contributed by atoms with Crippen molar-refractivity contribution in [1.29, 1.82) is 0 Å². The van der Waals surface area contributed by atoms with Crippen LogP contribution in [-0.4, -0.2) is 32.6 Å². The van der Waals surface area contributed by atoms with Gasteiger partial charge in [-0.2, -0.15) is 0 Å². The quantitative estimate of drug-likeness (QED) is 0.373. The molecule has 3 aromatic carbocycles. The topological polar surface area (TPSA) is 102 Å². The first-order valence-electron chi connectivity index (χ1n) is 9.85. The Morgan fingerprint density at radius 3 is 2.15 bits per heavy atom. The lowest BCUT2D eigenvalue weighted by atomic mass is 10.2. The van der Waals surface area contributed by atoms with Crippen LogP contribution in [0.4, 0.5) is 17.3 Å². The second-order valence-corrected chi connectivity index (χ2v) is 9.26. The van der Waals surface area contributed by atoms with Crippen LogP contribution in [0, 0.1) is 6.92 Å². The van der Waals surface area contributed by atoms with Crippen molar-refractivity contribution in [3.63, 3.8) is 0 Å². The Bertz CT molecular complexity index is 1430. The van der Waals surface area contributed by atoms with Gasteiger partial charge in [0.1, 0.15) is 11.5 Å². The van der Waals surface area contributed by atoms with E-state index in [0.717, 1.165) is 5.56 Å². The number of nitrogens with one attached hydrogen (secondary N) is 2. The number of halogens is 1. The van der Waals surface area contributed by atoms with Crippen LogP contribution in [0.25, 0.3) is 11.0 Å². The Balaban J connectivity index is 1.82. The molecule has 0 aliphatic heterocycles. The fourth-order valence-corrected chi connectivity index (χ4v) is 4.24. The van der Waals surface area contributed by atoms with Gasteiger partial charge in [0.15, 0.2) is 11.6 Å². The standard InChI is InChI=1S/C23H21ClN4O4S/c1-14-4-7-16(31-2)12-20(14)26-22-23(25-19-11-8-17(32-3)13-21(19)27-22)28-33(29,30)18-9-5-15(24)6-10-18/h4-13H,1-3H3,(H,25,28)(H,26,27). The number of nitrogens with zero attached hydrogens (tertiary/aromatic N) is 2. The van der Waals surface area contributed by atoms with Gasteiger partial charge in [0, 0.05) is 22.8 Å². The number of aromatic nitrogens is 2. The molecule has 1 aromatic heterocycles. The zero-order valence-corrected chi connectivity index (χ0v) is 19.7. The van der Waals surface area contributed by atoms with Gasteiger partial charge in [-0.05, 0) is 55.0 Å². The summed E-state index contributed by atoms with van der Waals surface area (Å²) in [4.78, 5) is 9.19. The highest BCUT2D eigenvalue weighted by Gasteiger charge is 2.20. The SMILES string of the molecule is COc1ccc(C)c(Nc2nc3cc(OC)ccc3nc2NS(=O)(=O)c2ccc(Cl)cc2)c1. The van der Waals surface area contributed by atoms with E-state index in [1.165, 1.54) is 24.3 Å². The van der Waals surface area contributed by atoms with Gasteiger partial charge in [-0.3, -0.25) is 4.72 Å². The number of methoxy groups -OCH3 is 2. The molecule has 0 radical (unpaired) electrons. The molecule has 0 bridgehead atoms. The van der Waals surface area contributed by atoms with Crippen molar-refractivity contribution in [3.05, 3.63) is 71.2 Å². The number of hydrogen-bond donors (Lipinski definition) is 2. The molecule has 0 amide bonds. The first-order chi connectivity index (χ1) is 15.8. The average molecular weight is 485 g/mol. The predicted molar refractivity (Wildman–Crippen MR) is 129 cm³/mol. The lowest BCUT2D eigenvalue weighted by Crippen LogP contribution is -2.16. The smallest absolute Gasteiger partial charge is 0.263 e. The van der Waals surface area contributed by atoms with E-state index in [1.807, 2.05) is 19.1 Å². The Hall–Kier alpha value is -3.56. The molecule has 8 nitrogen and oxygen atoms in total. The van der Waals surface area contributed by atoms with Crippen molar-refractivity contribution in [1.82, 2.24) is 9.97 Å². The molecule has 2 N–H and O–H groups in total. The van der Waals surface area contributed by atoms with Crippen molar-refractivity contribution in [2.45, 2.75) is 11.8 Å². The van der Waals surface area contributed by atoms with Gasteiger partial charge in [0.2, 0.25) is 0 Å². The van der Waals surface area contributed by atoms with E-state index >= 15 is 0 Å². The van der Waals surface area contributed by atoms with Gasteiger partial charge in [0.05, 0.1) is 30.1 Å². The molecule has 0 saturated heterocycles. The third-order valence-corrected chi connectivity index (χ3v) is 6.53. The molecule has 0 spiro atoms. The van der Waals surface area contributed by atoms with Crippen molar-refractivity contribution < 1.29 is 17.9 Å². The third-order valence-electron chi connectivity index (χ3n) is 4.92. The van der Waals surface area contributed by atoms with Crippen LogP contribution in [0.5, 0.6) is 11.5 Å². The van der Waals surface area contributed by atoms with E-state index in [0.29, 0.717) is 33.2 Å². The minimum Gasteiger partial charge on any atom is -0.497 e. The van der Waals surface area contributed by atoms with E-state index in [-0.39, 0.29) is 16.5 Å². The number of fused-ring (bicyclic) bond motifs is 1. The molecule has 10 heteroatoms. The number of aryl methyl sites for hydroxylation is 1.